The van der Waals surface area contributed by atoms with E-state index in [0.29, 0.717) is 10.7 Å². The maximum absolute atomic E-state index is 12.6. The van der Waals surface area contributed by atoms with Crippen LogP contribution in [0.4, 0.5) is 0 Å². The van der Waals surface area contributed by atoms with Gasteiger partial charge in [-0.25, -0.2) is 4.57 Å². The summed E-state index contributed by atoms with van der Waals surface area (Å²) in [7, 11) is -3.68. The Labute approximate surface area is 160 Å². The lowest BCUT2D eigenvalue weighted by Gasteiger charge is -2.25. The SMILES string of the molecule is CC(C)(CO)COP(=O)(OCC(Br)CBr)OCC(Br)CBr. The average molecular weight is 584 g/mol. The number of rotatable bonds is 12. The Morgan fingerprint density at radius 2 is 1.48 bits per heavy atom. The molecular weight excluding hydrogens is 563 g/mol. The standard InChI is InChI=1S/C11H21Br4O5P/c1-11(2,7-16)8-20-21(17,18-5-9(14)3-12)19-6-10(15)4-13/h9-10,16H,3-8H2,1-2H3. The number of hydrogen-bond donors (Lipinski definition) is 1. The highest BCUT2D eigenvalue weighted by Gasteiger charge is 2.31. The molecular formula is C11H21Br4O5P. The molecule has 0 heterocycles. The van der Waals surface area contributed by atoms with Gasteiger partial charge in [0.1, 0.15) is 0 Å². The third kappa shape index (κ3) is 11.2. The monoisotopic (exact) mass is 580 g/mol. The summed E-state index contributed by atoms with van der Waals surface area (Å²) < 4.78 is 28.6. The maximum Gasteiger partial charge on any atom is 0.474 e. The van der Waals surface area contributed by atoms with E-state index >= 15 is 0 Å². The predicted molar refractivity (Wildman–Crippen MR) is 99.3 cm³/mol. The largest absolute Gasteiger partial charge is 0.474 e. The average Bonchev–Trinajstić information content (AvgIpc) is 2.48. The summed E-state index contributed by atoms with van der Waals surface area (Å²) in [4.78, 5) is -0.000334. The fourth-order valence-corrected chi connectivity index (χ4v) is 3.35. The lowest BCUT2D eigenvalue weighted by atomic mass is 9.97. The lowest BCUT2D eigenvalue weighted by Crippen LogP contribution is -2.24. The molecule has 128 valence electrons. The molecule has 0 spiro atoms. The fraction of sp³-hybridized carbons (Fsp3) is 1.00. The number of phosphoric ester groups is 1. The highest BCUT2D eigenvalue weighted by atomic mass is 79.9. The Balaban J connectivity index is 4.62. The van der Waals surface area contributed by atoms with Crippen molar-refractivity contribution in [2.45, 2.75) is 23.5 Å². The number of hydrogen-bond acceptors (Lipinski definition) is 5. The third-order valence-electron chi connectivity index (χ3n) is 2.20. The molecule has 0 aliphatic heterocycles. The number of halogens is 4. The van der Waals surface area contributed by atoms with E-state index in [1.165, 1.54) is 0 Å². The number of aliphatic hydroxyl groups is 1. The van der Waals surface area contributed by atoms with Crippen LogP contribution in [0.5, 0.6) is 0 Å². The van der Waals surface area contributed by atoms with Gasteiger partial charge in [-0.15, -0.1) is 0 Å². The first-order chi connectivity index (χ1) is 9.68. The molecule has 0 aliphatic carbocycles. The Morgan fingerprint density at radius 3 is 1.81 bits per heavy atom. The van der Waals surface area contributed by atoms with Gasteiger partial charge in [0.25, 0.3) is 0 Å². The van der Waals surface area contributed by atoms with E-state index in [1.54, 1.807) is 13.8 Å². The van der Waals surface area contributed by atoms with Crippen molar-refractivity contribution in [1.82, 2.24) is 0 Å². The van der Waals surface area contributed by atoms with Crippen molar-refractivity contribution in [3.8, 4) is 0 Å². The van der Waals surface area contributed by atoms with Crippen LogP contribution in [0, 0.1) is 5.41 Å². The van der Waals surface area contributed by atoms with E-state index in [-0.39, 0.29) is 36.1 Å². The second-order valence-corrected chi connectivity index (χ2v) is 10.7. The van der Waals surface area contributed by atoms with E-state index in [4.69, 9.17) is 13.6 Å². The van der Waals surface area contributed by atoms with Gasteiger partial charge in [-0.05, 0) is 0 Å². The Bertz CT molecular complexity index is 314. The molecule has 2 unspecified atom stereocenters. The van der Waals surface area contributed by atoms with Crippen LogP contribution >= 0.6 is 71.5 Å². The minimum atomic E-state index is -3.68. The van der Waals surface area contributed by atoms with Crippen LogP contribution in [0.2, 0.25) is 0 Å². The van der Waals surface area contributed by atoms with Crippen molar-refractivity contribution in [3.05, 3.63) is 0 Å². The zero-order chi connectivity index (χ0) is 16.5. The molecule has 0 aromatic carbocycles. The van der Waals surface area contributed by atoms with Crippen LogP contribution in [-0.2, 0) is 18.1 Å². The second kappa shape index (κ2) is 11.5. The van der Waals surface area contributed by atoms with E-state index in [2.05, 4.69) is 63.7 Å². The van der Waals surface area contributed by atoms with Gasteiger partial charge in [0.05, 0.1) is 26.4 Å². The van der Waals surface area contributed by atoms with Crippen molar-refractivity contribution in [1.29, 1.82) is 0 Å². The second-order valence-electron chi connectivity index (χ2n) is 5.14. The van der Waals surface area contributed by atoms with E-state index in [9.17, 15) is 9.67 Å². The molecule has 0 amide bonds. The van der Waals surface area contributed by atoms with Gasteiger partial charge in [-0.3, -0.25) is 13.6 Å². The van der Waals surface area contributed by atoms with Crippen molar-refractivity contribution in [2.24, 2.45) is 5.41 Å². The summed E-state index contributed by atoms with van der Waals surface area (Å²) in [6.07, 6.45) is 0. The first-order valence-corrected chi connectivity index (χ1v) is 11.8. The van der Waals surface area contributed by atoms with Crippen molar-refractivity contribution < 1.29 is 23.2 Å². The number of aliphatic hydroxyl groups excluding tert-OH is 1. The molecule has 0 aliphatic rings. The summed E-state index contributed by atoms with van der Waals surface area (Å²) in [5.74, 6) is 0. The lowest BCUT2D eigenvalue weighted by molar-refractivity contribution is 0.0545. The highest BCUT2D eigenvalue weighted by molar-refractivity contribution is 9.12. The molecule has 0 rings (SSSR count). The topological polar surface area (TPSA) is 65.0 Å². The fourth-order valence-electron chi connectivity index (χ4n) is 0.845. The van der Waals surface area contributed by atoms with Gasteiger partial charge >= 0.3 is 7.82 Å². The first kappa shape index (κ1) is 23.0. The molecule has 0 saturated heterocycles. The molecule has 0 radical (unpaired) electrons. The van der Waals surface area contributed by atoms with E-state index < -0.39 is 13.2 Å². The summed E-state index contributed by atoms with van der Waals surface area (Å²) >= 11 is 13.3. The van der Waals surface area contributed by atoms with Gasteiger partial charge in [0, 0.05) is 25.7 Å². The third-order valence-corrected chi connectivity index (χ3v) is 8.06. The smallest absolute Gasteiger partial charge is 0.396 e. The van der Waals surface area contributed by atoms with Crippen LogP contribution in [0.15, 0.2) is 0 Å². The summed E-state index contributed by atoms with van der Waals surface area (Å²) in [5.41, 5.74) is -0.519. The van der Waals surface area contributed by atoms with Crippen molar-refractivity contribution >= 4 is 71.5 Å². The van der Waals surface area contributed by atoms with E-state index in [1.807, 2.05) is 0 Å². The van der Waals surface area contributed by atoms with Gasteiger partial charge in [-0.1, -0.05) is 77.6 Å². The highest BCUT2D eigenvalue weighted by Crippen LogP contribution is 2.51. The molecule has 0 saturated carbocycles. The van der Waals surface area contributed by atoms with Crippen LogP contribution < -0.4 is 0 Å². The Kier molecular flexibility index (Phi) is 12.6. The number of phosphoric acid groups is 1. The maximum atomic E-state index is 12.6. The van der Waals surface area contributed by atoms with Crippen LogP contribution in [-0.4, -0.2) is 51.8 Å². The van der Waals surface area contributed by atoms with Crippen LogP contribution in [0.1, 0.15) is 13.8 Å². The molecule has 0 fully saturated rings. The van der Waals surface area contributed by atoms with Gasteiger partial charge in [0.2, 0.25) is 0 Å². The minimum absolute atomic E-state index is 0.000167. The molecule has 2 atom stereocenters. The molecule has 1 N–H and O–H groups in total. The van der Waals surface area contributed by atoms with E-state index in [0.717, 1.165) is 0 Å². The van der Waals surface area contributed by atoms with Crippen LogP contribution in [0.3, 0.4) is 0 Å². The summed E-state index contributed by atoms with van der Waals surface area (Å²) in [6, 6.07) is 0. The normalized spacial score (nSPS) is 18.2. The molecule has 0 aromatic heterocycles. The van der Waals surface area contributed by atoms with Gasteiger partial charge in [0.15, 0.2) is 0 Å². The Hall–Kier alpha value is 1.99. The van der Waals surface area contributed by atoms with Crippen molar-refractivity contribution in [3.63, 3.8) is 0 Å². The predicted octanol–water partition coefficient (Wildman–Crippen LogP) is 4.48. The van der Waals surface area contributed by atoms with Crippen molar-refractivity contribution in [2.75, 3.05) is 37.1 Å². The molecule has 5 nitrogen and oxygen atoms in total. The summed E-state index contributed by atoms with van der Waals surface area (Å²) in [6.45, 7) is 3.96. The zero-order valence-electron chi connectivity index (χ0n) is 11.9. The number of alkyl halides is 4. The minimum Gasteiger partial charge on any atom is -0.396 e. The first-order valence-electron chi connectivity index (χ1n) is 6.22. The Morgan fingerprint density at radius 1 is 1.05 bits per heavy atom. The van der Waals surface area contributed by atoms with Gasteiger partial charge in [-0.2, -0.15) is 0 Å². The molecule has 21 heavy (non-hydrogen) atoms. The molecule has 0 bridgehead atoms. The van der Waals surface area contributed by atoms with Crippen LogP contribution in [0.25, 0.3) is 0 Å². The quantitative estimate of drug-likeness (QED) is 0.271. The zero-order valence-corrected chi connectivity index (χ0v) is 19.2. The summed E-state index contributed by atoms with van der Waals surface area (Å²) in [5, 5.41) is 10.5. The van der Waals surface area contributed by atoms with Gasteiger partial charge < -0.3 is 5.11 Å². The molecule has 0 aromatic rings. The molecule has 10 heteroatoms.